The topological polar surface area (TPSA) is 89.3 Å². The minimum atomic E-state index is 0.0863. The second kappa shape index (κ2) is 7.59. The van der Waals surface area contributed by atoms with Gasteiger partial charge in [-0.15, -0.1) is 0 Å². The molecule has 0 saturated heterocycles. The lowest BCUT2D eigenvalue weighted by Gasteiger charge is -2.26. The Hall–Kier alpha value is -2.74. The molecule has 0 unspecified atom stereocenters. The first-order valence-electron chi connectivity index (χ1n) is 10.00. The van der Waals surface area contributed by atoms with Gasteiger partial charge in [0.2, 0.25) is 0 Å². The van der Waals surface area contributed by atoms with Gasteiger partial charge in [0.15, 0.2) is 5.65 Å². The van der Waals surface area contributed by atoms with Crippen molar-refractivity contribution < 1.29 is 0 Å². The van der Waals surface area contributed by atoms with Gasteiger partial charge in [-0.05, 0) is 31.4 Å². The molecule has 0 aliphatic heterocycles. The Morgan fingerprint density at radius 3 is 2.90 bits per heavy atom. The average molecular weight is 407 g/mol. The van der Waals surface area contributed by atoms with Crippen LogP contribution < -0.4 is 5.56 Å². The third-order valence-electron chi connectivity index (χ3n) is 5.67. The summed E-state index contributed by atoms with van der Waals surface area (Å²) in [6, 6.07) is 6.10. The van der Waals surface area contributed by atoms with Crippen LogP contribution in [0.1, 0.15) is 49.5 Å². The van der Waals surface area contributed by atoms with Crippen LogP contribution in [0.15, 0.2) is 40.7 Å². The number of aromatic amines is 1. The predicted molar refractivity (Wildman–Crippen MR) is 114 cm³/mol. The lowest BCUT2D eigenvalue weighted by Crippen LogP contribution is -2.30. The predicted octanol–water partition coefficient (Wildman–Crippen LogP) is 4.17. The molecular formula is C21H22N6OS. The second-order valence-corrected chi connectivity index (χ2v) is 8.50. The fraction of sp³-hybridized carbons (Fsp3) is 0.381. The summed E-state index contributed by atoms with van der Waals surface area (Å²) in [5.41, 5.74) is 3.31. The quantitative estimate of drug-likeness (QED) is 0.404. The van der Waals surface area contributed by atoms with Gasteiger partial charge in [-0.2, -0.15) is 0 Å². The highest BCUT2D eigenvalue weighted by molar-refractivity contribution is 7.98. The molecule has 148 valence electrons. The Kier molecular flexibility index (Phi) is 4.79. The molecule has 1 aliphatic carbocycles. The van der Waals surface area contributed by atoms with Crippen molar-refractivity contribution in [1.82, 2.24) is 29.5 Å². The molecule has 4 aromatic rings. The summed E-state index contributed by atoms with van der Waals surface area (Å²) in [7, 11) is 0. The Bertz CT molecular complexity index is 1240. The van der Waals surface area contributed by atoms with E-state index < -0.39 is 0 Å². The van der Waals surface area contributed by atoms with Crippen molar-refractivity contribution in [2.45, 2.75) is 55.8 Å². The number of benzene rings is 1. The van der Waals surface area contributed by atoms with Gasteiger partial charge in [-0.1, -0.05) is 43.2 Å². The number of nitrogens with one attached hydrogen (secondary N) is 1. The first-order chi connectivity index (χ1) is 14.2. The summed E-state index contributed by atoms with van der Waals surface area (Å²) in [5, 5.41) is 1.54. The first-order valence-corrected chi connectivity index (χ1v) is 11.0. The van der Waals surface area contributed by atoms with Gasteiger partial charge in [0.1, 0.15) is 22.7 Å². The van der Waals surface area contributed by atoms with Crippen LogP contribution in [-0.4, -0.2) is 29.5 Å². The zero-order valence-corrected chi connectivity index (χ0v) is 17.1. The molecule has 0 amide bonds. The first kappa shape index (κ1) is 18.3. The van der Waals surface area contributed by atoms with Gasteiger partial charge in [-0.25, -0.2) is 19.9 Å². The van der Waals surface area contributed by atoms with Gasteiger partial charge in [0, 0.05) is 6.04 Å². The molecule has 1 aromatic carbocycles. The molecule has 0 radical (unpaired) electrons. The summed E-state index contributed by atoms with van der Waals surface area (Å²) < 4.78 is 1.96. The normalized spacial score (nSPS) is 15.3. The van der Waals surface area contributed by atoms with E-state index in [9.17, 15) is 4.79 Å². The van der Waals surface area contributed by atoms with Crippen LogP contribution in [0.4, 0.5) is 0 Å². The van der Waals surface area contributed by atoms with E-state index in [0.717, 1.165) is 58.5 Å². The molecule has 0 bridgehead atoms. The van der Waals surface area contributed by atoms with Crippen LogP contribution in [0.3, 0.4) is 0 Å². The van der Waals surface area contributed by atoms with Crippen molar-refractivity contribution in [2.75, 3.05) is 0 Å². The molecule has 1 N–H and O–H groups in total. The van der Waals surface area contributed by atoms with Crippen molar-refractivity contribution >= 4 is 33.8 Å². The van der Waals surface area contributed by atoms with Crippen molar-refractivity contribution in [3.05, 3.63) is 52.6 Å². The van der Waals surface area contributed by atoms with Crippen molar-refractivity contribution in [3.8, 4) is 0 Å². The van der Waals surface area contributed by atoms with Crippen molar-refractivity contribution in [2.24, 2.45) is 0 Å². The smallest absolute Gasteiger partial charge is 0.261 e. The standard InChI is InChI=1S/C21H22N6OS/c1-13-6-5-9-15-17(13)21(28)27(14-7-3-2-4-8-14)16(26-15)10-29-20-18-19(23-11-22-18)24-12-25-20/h5-6,9,11-12,14H,2-4,7-8,10H2,1H3,(H,22,23,24,25). The van der Waals surface area contributed by atoms with Crippen molar-refractivity contribution in [1.29, 1.82) is 0 Å². The van der Waals surface area contributed by atoms with Gasteiger partial charge in [-0.3, -0.25) is 9.36 Å². The molecular weight excluding hydrogens is 384 g/mol. The zero-order valence-electron chi connectivity index (χ0n) is 16.3. The number of thioether (sulfide) groups is 1. The number of hydrogen-bond acceptors (Lipinski definition) is 6. The molecule has 0 spiro atoms. The van der Waals surface area contributed by atoms with E-state index in [0.29, 0.717) is 11.4 Å². The molecule has 8 heteroatoms. The number of nitrogens with zero attached hydrogens (tertiary/aromatic N) is 5. The van der Waals surface area contributed by atoms with Crippen LogP contribution in [-0.2, 0) is 5.75 Å². The summed E-state index contributed by atoms with van der Waals surface area (Å²) in [5.74, 6) is 1.38. The monoisotopic (exact) mass is 406 g/mol. The minimum absolute atomic E-state index is 0.0863. The van der Waals surface area contributed by atoms with Crippen LogP contribution >= 0.6 is 11.8 Å². The SMILES string of the molecule is Cc1cccc2nc(CSc3ncnc4[nH]cnc34)n(C3CCCCC3)c(=O)c12. The number of aromatic nitrogens is 6. The number of aryl methyl sites for hydroxylation is 1. The minimum Gasteiger partial charge on any atom is -0.329 e. The highest BCUT2D eigenvalue weighted by Crippen LogP contribution is 2.31. The van der Waals surface area contributed by atoms with E-state index in [-0.39, 0.29) is 11.6 Å². The number of fused-ring (bicyclic) bond motifs is 2. The molecule has 29 heavy (non-hydrogen) atoms. The lowest BCUT2D eigenvalue weighted by atomic mass is 9.95. The van der Waals surface area contributed by atoms with Crippen LogP contribution in [0.5, 0.6) is 0 Å². The Morgan fingerprint density at radius 2 is 2.03 bits per heavy atom. The van der Waals surface area contributed by atoms with Crippen LogP contribution in [0.25, 0.3) is 22.1 Å². The maximum Gasteiger partial charge on any atom is 0.261 e. The maximum absolute atomic E-state index is 13.5. The highest BCUT2D eigenvalue weighted by Gasteiger charge is 2.22. The molecule has 0 atom stereocenters. The molecule has 1 saturated carbocycles. The Morgan fingerprint density at radius 1 is 1.17 bits per heavy atom. The van der Waals surface area contributed by atoms with Crippen molar-refractivity contribution in [3.63, 3.8) is 0 Å². The molecule has 7 nitrogen and oxygen atoms in total. The molecule has 1 fully saturated rings. The van der Waals surface area contributed by atoms with E-state index in [1.807, 2.05) is 29.7 Å². The fourth-order valence-corrected chi connectivity index (χ4v) is 5.13. The van der Waals surface area contributed by atoms with Gasteiger partial charge in [0.25, 0.3) is 5.56 Å². The number of H-pyrrole nitrogens is 1. The number of imidazole rings is 1. The second-order valence-electron chi connectivity index (χ2n) is 7.53. The van der Waals surface area contributed by atoms with E-state index >= 15 is 0 Å². The maximum atomic E-state index is 13.5. The molecule has 1 aliphatic rings. The number of rotatable bonds is 4. The Balaban J connectivity index is 1.59. The third kappa shape index (κ3) is 3.31. The largest absolute Gasteiger partial charge is 0.329 e. The van der Waals surface area contributed by atoms with E-state index in [4.69, 9.17) is 4.98 Å². The Labute approximate surface area is 172 Å². The van der Waals surface area contributed by atoms with Gasteiger partial charge in [0.05, 0.1) is 23.0 Å². The van der Waals surface area contributed by atoms with Gasteiger partial charge < -0.3 is 4.98 Å². The number of hydrogen-bond donors (Lipinski definition) is 1. The molecule has 3 heterocycles. The highest BCUT2D eigenvalue weighted by atomic mass is 32.2. The third-order valence-corrected chi connectivity index (χ3v) is 6.65. The summed E-state index contributed by atoms with van der Waals surface area (Å²) >= 11 is 1.55. The molecule has 3 aromatic heterocycles. The summed E-state index contributed by atoms with van der Waals surface area (Å²) in [4.78, 5) is 34.4. The lowest BCUT2D eigenvalue weighted by molar-refractivity contribution is 0.339. The van der Waals surface area contributed by atoms with Crippen LogP contribution in [0.2, 0.25) is 0 Å². The molecule has 5 rings (SSSR count). The van der Waals surface area contributed by atoms with Gasteiger partial charge >= 0.3 is 0 Å². The van der Waals surface area contributed by atoms with E-state index in [2.05, 4.69) is 19.9 Å². The summed E-state index contributed by atoms with van der Waals surface area (Å²) in [6.07, 6.45) is 8.80. The van der Waals surface area contributed by atoms with E-state index in [1.165, 1.54) is 12.7 Å². The fourth-order valence-electron chi connectivity index (χ4n) is 4.25. The van der Waals surface area contributed by atoms with Crippen LogP contribution in [0, 0.1) is 6.92 Å². The van der Waals surface area contributed by atoms with E-state index in [1.54, 1.807) is 18.1 Å². The summed E-state index contributed by atoms with van der Waals surface area (Å²) in [6.45, 7) is 1.99. The zero-order chi connectivity index (χ0) is 19.8. The average Bonchev–Trinajstić information content (AvgIpc) is 3.22.